The molecule has 0 saturated carbocycles. The Balaban J connectivity index is 3.36. The third-order valence-corrected chi connectivity index (χ3v) is 2.20. The summed E-state index contributed by atoms with van der Waals surface area (Å²) in [5, 5.41) is 9.24. The molecule has 0 spiro atoms. The Labute approximate surface area is 77.2 Å². The fraction of sp³-hybridized carbons (Fsp3) is 0.125. The zero-order chi connectivity index (χ0) is 9.30. The van der Waals surface area contributed by atoms with Crippen LogP contribution in [0.15, 0.2) is 16.6 Å². The largest absolute Gasteiger partial charge is 0.506 e. The van der Waals surface area contributed by atoms with Crippen LogP contribution in [0.25, 0.3) is 0 Å². The molecule has 0 saturated heterocycles. The molecule has 0 amide bonds. The lowest BCUT2D eigenvalue weighted by Crippen LogP contribution is -1.94. The fourth-order valence-corrected chi connectivity index (χ4v) is 1.17. The summed E-state index contributed by atoms with van der Waals surface area (Å²) in [6.45, 7) is 1.30. The van der Waals surface area contributed by atoms with E-state index in [1.807, 2.05) is 0 Å². The van der Waals surface area contributed by atoms with Gasteiger partial charge in [0, 0.05) is 0 Å². The minimum Gasteiger partial charge on any atom is -0.506 e. The molecular formula is C8H6BrFO2. The molecule has 1 aromatic rings. The molecule has 1 aromatic carbocycles. The van der Waals surface area contributed by atoms with Crippen molar-refractivity contribution in [2.45, 2.75) is 6.92 Å². The van der Waals surface area contributed by atoms with Gasteiger partial charge in [-0.25, -0.2) is 4.39 Å². The van der Waals surface area contributed by atoms with Crippen molar-refractivity contribution in [3.8, 4) is 5.75 Å². The molecule has 12 heavy (non-hydrogen) atoms. The van der Waals surface area contributed by atoms with Crippen LogP contribution in [-0.2, 0) is 0 Å². The molecule has 0 bridgehead atoms. The maximum atomic E-state index is 12.7. The Morgan fingerprint density at radius 1 is 1.58 bits per heavy atom. The van der Waals surface area contributed by atoms with Crippen LogP contribution in [0.4, 0.5) is 4.39 Å². The van der Waals surface area contributed by atoms with E-state index in [-0.39, 0.29) is 21.6 Å². The van der Waals surface area contributed by atoms with Gasteiger partial charge >= 0.3 is 0 Å². The van der Waals surface area contributed by atoms with E-state index in [0.717, 1.165) is 6.07 Å². The maximum Gasteiger partial charge on any atom is 0.163 e. The van der Waals surface area contributed by atoms with Crippen molar-refractivity contribution in [1.29, 1.82) is 0 Å². The highest BCUT2D eigenvalue weighted by Gasteiger charge is 2.12. The molecule has 2 nitrogen and oxygen atoms in total. The zero-order valence-corrected chi connectivity index (χ0v) is 7.85. The highest BCUT2D eigenvalue weighted by atomic mass is 79.9. The number of hydrogen-bond acceptors (Lipinski definition) is 2. The van der Waals surface area contributed by atoms with Gasteiger partial charge in [0.1, 0.15) is 11.6 Å². The molecule has 0 heterocycles. The SMILES string of the molecule is CC(=O)c1ccc(F)c(Br)c1O. The van der Waals surface area contributed by atoms with Crippen LogP contribution in [0.2, 0.25) is 0 Å². The molecule has 0 radical (unpaired) electrons. The second-order valence-electron chi connectivity index (χ2n) is 2.31. The van der Waals surface area contributed by atoms with Crippen LogP contribution in [0.5, 0.6) is 5.75 Å². The number of Topliss-reactive ketones (excluding diaryl/α,β-unsaturated/α-hetero) is 1. The summed E-state index contributed by atoms with van der Waals surface area (Å²) in [5.74, 6) is -1.23. The van der Waals surface area contributed by atoms with E-state index >= 15 is 0 Å². The van der Waals surface area contributed by atoms with Gasteiger partial charge in [-0.2, -0.15) is 0 Å². The molecule has 0 aliphatic heterocycles. The van der Waals surface area contributed by atoms with Crippen LogP contribution in [0.3, 0.4) is 0 Å². The van der Waals surface area contributed by atoms with Crippen LogP contribution < -0.4 is 0 Å². The molecule has 0 aliphatic carbocycles. The molecule has 0 fully saturated rings. The lowest BCUT2D eigenvalue weighted by molar-refractivity contribution is 0.101. The maximum absolute atomic E-state index is 12.7. The second kappa shape index (κ2) is 3.23. The lowest BCUT2D eigenvalue weighted by atomic mass is 10.1. The van der Waals surface area contributed by atoms with Crippen LogP contribution in [0.1, 0.15) is 17.3 Å². The lowest BCUT2D eigenvalue weighted by Gasteiger charge is -2.02. The molecule has 0 aromatic heterocycles. The van der Waals surface area contributed by atoms with Crippen molar-refractivity contribution in [1.82, 2.24) is 0 Å². The van der Waals surface area contributed by atoms with Gasteiger partial charge in [0.2, 0.25) is 0 Å². The normalized spacial score (nSPS) is 9.92. The van der Waals surface area contributed by atoms with Gasteiger partial charge in [0.05, 0.1) is 10.0 Å². The Hall–Kier alpha value is -0.900. The van der Waals surface area contributed by atoms with Crippen LogP contribution >= 0.6 is 15.9 Å². The molecule has 1 N–H and O–H groups in total. The molecular weight excluding hydrogens is 227 g/mol. The third kappa shape index (κ3) is 1.48. The minimum atomic E-state index is -0.586. The highest BCUT2D eigenvalue weighted by Crippen LogP contribution is 2.30. The smallest absolute Gasteiger partial charge is 0.163 e. The molecule has 4 heteroatoms. The number of phenols is 1. The predicted octanol–water partition coefficient (Wildman–Crippen LogP) is 2.50. The van der Waals surface area contributed by atoms with Crippen molar-refractivity contribution >= 4 is 21.7 Å². The Morgan fingerprint density at radius 2 is 2.17 bits per heavy atom. The average Bonchev–Trinajstić information content (AvgIpc) is 2.00. The van der Waals surface area contributed by atoms with Gasteiger partial charge in [-0.15, -0.1) is 0 Å². The zero-order valence-electron chi connectivity index (χ0n) is 6.27. The quantitative estimate of drug-likeness (QED) is 0.756. The highest BCUT2D eigenvalue weighted by molar-refractivity contribution is 9.10. The molecule has 0 unspecified atom stereocenters. The van der Waals surface area contributed by atoms with Gasteiger partial charge in [0.25, 0.3) is 0 Å². The number of ketones is 1. The van der Waals surface area contributed by atoms with Crippen molar-refractivity contribution in [2.24, 2.45) is 0 Å². The summed E-state index contributed by atoms with van der Waals surface area (Å²) in [6.07, 6.45) is 0. The first-order chi connectivity index (χ1) is 5.54. The number of aromatic hydroxyl groups is 1. The van der Waals surface area contributed by atoms with E-state index in [1.54, 1.807) is 0 Å². The van der Waals surface area contributed by atoms with E-state index in [4.69, 9.17) is 0 Å². The summed E-state index contributed by atoms with van der Waals surface area (Å²) in [5.41, 5.74) is 0.114. The fourth-order valence-electron chi connectivity index (χ4n) is 0.824. The Morgan fingerprint density at radius 3 is 2.67 bits per heavy atom. The van der Waals surface area contributed by atoms with E-state index in [1.165, 1.54) is 13.0 Å². The van der Waals surface area contributed by atoms with E-state index in [0.29, 0.717) is 0 Å². The van der Waals surface area contributed by atoms with Gasteiger partial charge in [-0.05, 0) is 35.0 Å². The molecule has 0 atom stereocenters. The molecule has 0 aliphatic rings. The first-order valence-electron chi connectivity index (χ1n) is 3.22. The summed E-state index contributed by atoms with van der Waals surface area (Å²) in [4.78, 5) is 10.8. The number of halogens is 2. The van der Waals surface area contributed by atoms with Crippen LogP contribution in [0, 0.1) is 5.82 Å². The second-order valence-corrected chi connectivity index (χ2v) is 3.11. The standard InChI is InChI=1S/C8H6BrFO2/c1-4(11)5-2-3-6(10)7(9)8(5)12/h2-3,12H,1H3. The van der Waals surface area contributed by atoms with Crippen LogP contribution in [-0.4, -0.2) is 10.9 Å². The first-order valence-corrected chi connectivity index (χ1v) is 4.01. The van der Waals surface area contributed by atoms with E-state index in [2.05, 4.69) is 15.9 Å². The predicted molar refractivity (Wildman–Crippen MR) is 45.8 cm³/mol. The third-order valence-electron chi connectivity index (χ3n) is 1.45. The van der Waals surface area contributed by atoms with Gasteiger partial charge in [-0.1, -0.05) is 0 Å². The number of benzene rings is 1. The number of hydrogen-bond donors (Lipinski definition) is 1. The summed E-state index contributed by atoms with van der Waals surface area (Å²) in [6, 6.07) is 2.37. The monoisotopic (exact) mass is 232 g/mol. The molecule has 1 rings (SSSR count). The van der Waals surface area contributed by atoms with Gasteiger partial charge in [-0.3, -0.25) is 4.79 Å². The summed E-state index contributed by atoms with van der Waals surface area (Å²) in [7, 11) is 0. The minimum absolute atomic E-state index is 0.0739. The van der Waals surface area contributed by atoms with Gasteiger partial charge < -0.3 is 5.11 Å². The van der Waals surface area contributed by atoms with Crippen molar-refractivity contribution in [3.05, 3.63) is 28.0 Å². The molecule has 64 valence electrons. The number of carbonyl (C=O) groups is 1. The Bertz CT molecular complexity index is 336. The summed E-state index contributed by atoms with van der Waals surface area (Å²) >= 11 is 2.82. The number of rotatable bonds is 1. The van der Waals surface area contributed by atoms with E-state index < -0.39 is 5.82 Å². The first kappa shape index (κ1) is 9.19. The Kier molecular flexibility index (Phi) is 2.47. The van der Waals surface area contributed by atoms with Crippen molar-refractivity contribution < 1.29 is 14.3 Å². The van der Waals surface area contributed by atoms with Crippen molar-refractivity contribution in [2.75, 3.05) is 0 Å². The number of carbonyl (C=O) groups excluding carboxylic acids is 1. The number of phenolic OH excluding ortho intramolecular Hbond substituents is 1. The van der Waals surface area contributed by atoms with Crippen molar-refractivity contribution in [3.63, 3.8) is 0 Å². The van der Waals surface area contributed by atoms with E-state index in [9.17, 15) is 14.3 Å². The average molecular weight is 233 g/mol. The topological polar surface area (TPSA) is 37.3 Å². The van der Waals surface area contributed by atoms with Gasteiger partial charge in [0.15, 0.2) is 5.78 Å². The summed E-state index contributed by atoms with van der Waals surface area (Å²) < 4.78 is 12.6.